The minimum absolute atomic E-state index is 0.0789. The van der Waals surface area contributed by atoms with Gasteiger partial charge in [-0.3, -0.25) is 14.7 Å². The average Bonchev–Trinajstić information content (AvgIpc) is 2.61. The standard InChI is InChI=1S/C17H18N4O3/c1-2-24-15-4-3-13-16(20-15)14(22)7-10-21(13)17(23)19-11-12-5-8-18-9-6-12/h3-6,8-9H,2,7,10-11H2,1H3,(H,19,23). The van der Waals surface area contributed by atoms with Crippen molar-refractivity contribution in [3.05, 3.63) is 47.9 Å². The van der Waals surface area contributed by atoms with E-state index >= 15 is 0 Å². The summed E-state index contributed by atoms with van der Waals surface area (Å²) in [4.78, 5) is 34.3. The van der Waals surface area contributed by atoms with E-state index in [2.05, 4.69) is 15.3 Å². The highest BCUT2D eigenvalue weighted by Gasteiger charge is 2.29. The van der Waals surface area contributed by atoms with Crippen molar-refractivity contribution in [2.24, 2.45) is 0 Å². The first-order valence-electron chi connectivity index (χ1n) is 7.80. The van der Waals surface area contributed by atoms with Crippen LogP contribution in [0.15, 0.2) is 36.7 Å². The second-order valence-electron chi connectivity index (χ2n) is 5.29. The van der Waals surface area contributed by atoms with Crippen LogP contribution in [-0.4, -0.2) is 34.9 Å². The molecule has 1 aliphatic heterocycles. The lowest BCUT2D eigenvalue weighted by atomic mass is 10.1. The summed E-state index contributed by atoms with van der Waals surface area (Å²) in [6.07, 6.45) is 3.60. The maximum Gasteiger partial charge on any atom is 0.322 e. The highest BCUT2D eigenvalue weighted by Crippen LogP contribution is 2.27. The first-order valence-corrected chi connectivity index (χ1v) is 7.80. The summed E-state index contributed by atoms with van der Waals surface area (Å²) in [6, 6.07) is 6.79. The highest BCUT2D eigenvalue weighted by atomic mass is 16.5. The van der Waals surface area contributed by atoms with Gasteiger partial charge in [0.05, 0.1) is 12.3 Å². The molecule has 7 nitrogen and oxygen atoms in total. The van der Waals surface area contributed by atoms with E-state index in [9.17, 15) is 9.59 Å². The fraction of sp³-hybridized carbons (Fsp3) is 0.294. The summed E-state index contributed by atoms with van der Waals surface area (Å²) in [5.41, 5.74) is 1.75. The van der Waals surface area contributed by atoms with Crippen molar-refractivity contribution in [2.45, 2.75) is 19.9 Å². The van der Waals surface area contributed by atoms with Crippen LogP contribution in [0.25, 0.3) is 0 Å². The molecule has 2 aromatic rings. The van der Waals surface area contributed by atoms with Crippen molar-refractivity contribution in [1.82, 2.24) is 15.3 Å². The second kappa shape index (κ2) is 7.08. The largest absolute Gasteiger partial charge is 0.478 e. The molecule has 24 heavy (non-hydrogen) atoms. The van der Waals surface area contributed by atoms with E-state index in [1.807, 2.05) is 19.1 Å². The molecule has 1 N–H and O–H groups in total. The Labute approximate surface area is 139 Å². The average molecular weight is 326 g/mol. The summed E-state index contributed by atoms with van der Waals surface area (Å²) in [6.45, 7) is 3.05. The summed E-state index contributed by atoms with van der Waals surface area (Å²) >= 11 is 0. The number of hydrogen-bond donors (Lipinski definition) is 1. The number of ether oxygens (including phenoxy) is 1. The van der Waals surface area contributed by atoms with Crippen molar-refractivity contribution in [3.8, 4) is 5.88 Å². The molecule has 1 aliphatic rings. The normalized spacial score (nSPS) is 13.4. The first kappa shape index (κ1) is 15.9. The number of hydrogen-bond acceptors (Lipinski definition) is 5. The summed E-state index contributed by atoms with van der Waals surface area (Å²) in [5.74, 6) is 0.313. The number of ketones is 1. The van der Waals surface area contributed by atoms with Gasteiger partial charge in [-0.2, -0.15) is 0 Å². The van der Waals surface area contributed by atoms with Crippen LogP contribution in [0.3, 0.4) is 0 Å². The molecular formula is C17H18N4O3. The third kappa shape index (κ3) is 3.34. The van der Waals surface area contributed by atoms with Gasteiger partial charge in [-0.05, 0) is 30.7 Å². The van der Waals surface area contributed by atoms with Crippen molar-refractivity contribution >= 4 is 17.5 Å². The number of carbonyl (C=O) groups excluding carboxylic acids is 2. The quantitative estimate of drug-likeness (QED) is 0.931. The van der Waals surface area contributed by atoms with Gasteiger partial charge in [0.2, 0.25) is 5.88 Å². The first-order chi connectivity index (χ1) is 11.7. The zero-order valence-electron chi connectivity index (χ0n) is 13.4. The van der Waals surface area contributed by atoms with Crippen molar-refractivity contribution in [2.75, 3.05) is 18.1 Å². The lowest BCUT2D eigenvalue weighted by Crippen LogP contribution is -2.44. The number of urea groups is 1. The summed E-state index contributed by atoms with van der Waals surface area (Å²) < 4.78 is 5.33. The Morgan fingerprint density at radius 1 is 1.29 bits per heavy atom. The maximum atomic E-state index is 12.5. The van der Waals surface area contributed by atoms with E-state index in [1.54, 1.807) is 29.4 Å². The topological polar surface area (TPSA) is 84.4 Å². The van der Waals surface area contributed by atoms with Gasteiger partial charge in [-0.15, -0.1) is 0 Å². The SMILES string of the molecule is CCOc1ccc2c(n1)C(=O)CCN2C(=O)NCc1ccncc1. The van der Waals surface area contributed by atoms with E-state index in [-0.39, 0.29) is 23.9 Å². The summed E-state index contributed by atoms with van der Waals surface area (Å²) in [7, 11) is 0. The van der Waals surface area contributed by atoms with Crippen molar-refractivity contribution in [3.63, 3.8) is 0 Å². The lowest BCUT2D eigenvalue weighted by molar-refractivity contribution is 0.0974. The molecule has 0 saturated carbocycles. The Hall–Kier alpha value is -2.96. The Balaban J connectivity index is 1.76. The van der Waals surface area contributed by atoms with Gasteiger partial charge in [-0.25, -0.2) is 9.78 Å². The number of pyridine rings is 2. The number of nitrogens with zero attached hydrogens (tertiary/aromatic N) is 3. The lowest BCUT2D eigenvalue weighted by Gasteiger charge is -2.28. The number of anilines is 1. The van der Waals surface area contributed by atoms with Gasteiger partial charge in [0.25, 0.3) is 0 Å². The van der Waals surface area contributed by atoms with Gasteiger partial charge in [0.15, 0.2) is 5.78 Å². The molecule has 3 rings (SSSR count). The Bertz CT molecular complexity index is 749. The number of Topliss-reactive ketones (excluding diaryl/α,β-unsaturated/α-hetero) is 1. The number of aromatic nitrogens is 2. The minimum atomic E-state index is -0.258. The predicted molar refractivity (Wildman–Crippen MR) is 88.2 cm³/mol. The van der Waals surface area contributed by atoms with E-state index in [0.717, 1.165) is 5.56 Å². The molecule has 124 valence electrons. The molecule has 0 aliphatic carbocycles. The number of carbonyl (C=O) groups is 2. The van der Waals surface area contributed by atoms with Crippen LogP contribution in [0.1, 0.15) is 29.4 Å². The molecule has 0 aromatic carbocycles. The second-order valence-corrected chi connectivity index (χ2v) is 5.29. The smallest absolute Gasteiger partial charge is 0.322 e. The van der Waals surface area contributed by atoms with E-state index in [0.29, 0.717) is 31.3 Å². The van der Waals surface area contributed by atoms with Crippen LogP contribution < -0.4 is 15.0 Å². The van der Waals surface area contributed by atoms with Crippen LogP contribution in [0.4, 0.5) is 10.5 Å². The fourth-order valence-electron chi connectivity index (χ4n) is 2.52. The fourth-order valence-corrected chi connectivity index (χ4v) is 2.52. The van der Waals surface area contributed by atoms with Crippen LogP contribution in [0, 0.1) is 0 Å². The van der Waals surface area contributed by atoms with Gasteiger partial charge < -0.3 is 10.1 Å². The van der Waals surface area contributed by atoms with Gasteiger partial charge >= 0.3 is 6.03 Å². The molecule has 2 amide bonds. The molecular weight excluding hydrogens is 308 g/mol. The van der Waals surface area contributed by atoms with Crippen LogP contribution in [0.2, 0.25) is 0 Å². The van der Waals surface area contributed by atoms with Crippen LogP contribution >= 0.6 is 0 Å². The highest BCUT2D eigenvalue weighted by molar-refractivity contribution is 6.07. The Morgan fingerprint density at radius 2 is 2.08 bits per heavy atom. The molecule has 0 unspecified atom stereocenters. The molecule has 3 heterocycles. The van der Waals surface area contributed by atoms with E-state index < -0.39 is 0 Å². The maximum absolute atomic E-state index is 12.5. The zero-order valence-corrected chi connectivity index (χ0v) is 13.4. The number of fused-ring (bicyclic) bond motifs is 1. The van der Waals surface area contributed by atoms with E-state index in [1.165, 1.54) is 0 Å². The van der Waals surface area contributed by atoms with Crippen LogP contribution in [0.5, 0.6) is 5.88 Å². The molecule has 0 radical (unpaired) electrons. The van der Waals surface area contributed by atoms with Gasteiger partial charge in [-0.1, -0.05) is 0 Å². The van der Waals surface area contributed by atoms with Crippen molar-refractivity contribution in [1.29, 1.82) is 0 Å². The molecule has 0 bridgehead atoms. The minimum Gasteiger partial charge on any atom is -0.478 e. The Kier molecular flexibility index (Phi) is 4.69. The van der Waals surface area contributed by atoms with Crippen LogP contribution in [-0.2, 0) is 6.54 Å². The van der Waals surface area contributed by atoms with Gasteiger partial charge in [0.1, 0.15) is 5.69 Å². The third-order valence-electron chi connectivity index (χ3n) is 3.70. The Morgan fingerprint density at radius 3 is 2.83 bits per heavy atom. The number of rotatable bonds is 4. The predicted octanol–water partition coefficient (Wildman–Crippen LogP) is 2.18. The van der Waals surface area contributed by atoms with Gasteiger partial charge in [0, 0.05) is 38.0 Å². The van der Waals surface area contributed by atoms with E-state index in [4.69, 9.17) is 4.74 Å². The molecule has 0 atom stereocenters. The van der Waals surface area contributed by atoms with Crippen molar-refractivity contribution < 1.29 is 14.3 Å². The zero-order chi connectivity index (χ0) is 16.9. The molecule has 7 heteroatoms. The summed E-state index contributed by atoms with van der Waals surface area (Å²) in [5, 5.41) is 2.85. The molecule has 0 fully saturated rings. The third-order valence-corrected chi connectivity index (χ3v) is 3.70. The molecule has 0 saturated heterocycles. The monoisotopic (exact) mass is 326 g/mol. The molecule has 0 spiro atoms. The number of amides is 2. The molecule has 2 aromatic heterocycles. The number of nitrogens with one attached hydrogen (secondary N) is 1.